The molecule has 3 rings (SSSR count). The molecule has 0 bridgehead atoms. The summed E-state index contributed by atoms with van der Waals surface area (Å²) in [5.74, 6) is -0.386. The molecule has 1 heterocycles. The molecule has 0 amide bonds. The Hall–Kier alpha value is -2.53. The highest BCUT2D eigenvalue weighted by molar-refractivity contribution is 7.89. The number of benzene rings is 2. The average molecular weight is 372 g/mol. The van der Waals surface area contributed by atoms with Crippen LogP contribution in [0.3, 0.4) is 0 Å². The summed E-state index contributed by atoms with van der Waals surface area (Å²) in [5, 5.41) is 10.7. The first-order chi connectivity index (χ1) is 12.0. The van der Waals surface area contributed by atoms with Crippen LogP contribution in [0.25, 0.3) is 0 Å². The van der Waals surface area contributed by atoms with E-state index in [4.69, 9.17) is 5.26 Å². The Bertz CT molecular complexity index is 991. The van der Waals surface area contributed by atoms with E-state index in [0.717, 1.165) is 4.88 Å². The molecule has 1 aromatic heterocycles. The van der Waals surface area contributed by atoms with Crippen molar-refractivity contribution in [2.24, 2.45) is 0 Å². The van der Waals surface area contributed by atoms with Crippen LogP contribution in [-0.2, 0) is 10.0 Å². The molecule has 1 atom stereocenters. The molecule has 1 unspecified atom stereocenters. The van der Waals surface area contributed by atoms with Gasteiger partial charge in [0.25, 0.3) is 0 Å². The van der Waals surface area contributed by atoms with Crippen molar-refractivity contribution in [3.8, 4) is 6.07 Å². The van der Waals surface area contributed by atoms with Gasteiger partial charge >= 0.3 is 0 Å². The second-order valence-electron chi connectivity index (χ2n) is 5.26. The van der Waals surface area contributed by atoms with E-state index in [1.54, 1.807) is 12.1 Å². The number of nitriles is 1. The Morgan fingerprint density at radius 1 is 1.04 bits per heavy atom. The van der Waals surface area contributed by atoms with E-state index in [9.17, 15) is 12.8 Å². The van der Waals surface area contributed by atoms with Crippen LogP contribution in [0.4, 0.5) is 4.39 Å². The normalized spacial score (nSPS) is 12.5. The summed E-state index contributed by atoms with van der Waals surface area (Å²) in [6, 6.07) is 16.4. The average Bonchev–Trinajstić information content (AvgIpc) is 3.15. The Labute approximate surface area is 149 Å². The molecule has 0 saturated carbocycles. The van der Waals surface area contributed by atoms with Gasteiger partial charge < -0.3 is 0 Å². The second kappa shape index (κ2) is 7.15. The molecule has 2 aromatic carbocycles. The predicted octanol–water partition coefficient (Wildman–Crippen LogP) is 3.83. The number of nitrogens with zero attached hydrogens (tertiary/aromatic N) is 1. The molecule has 126 valence electrons. The molecule has 0 aliphatic heterocycles. The Morgan fingerprint density at radius 2 is 1.72 bits per heavy atom. The topological polar surface area (TPSA) is 70.0 Å². The highest BCUT2D eigenvalue weighted by atomic mass is 32.2. The zero-order chi connectivity index (χ0) is 17.9. The maximum Gasteiger partial charge on any atom is 0.241 e. The van der Waals surface area contributed by atoms with Crippen molar-refractivity contribution in [3.63, 3.8) is 0 Å². The molecule has 1 N–H and O–H groups in total. The lowest BCUT2D eigenvalue weighted by Gasteiger charge is -2.18. The number of thiophene rings is 1. The fraction of sp³-hybridized carbons (Fsp3) is 0.0556. The number of halogens is 1. The quantitative estimate of drug-likeness (QED) is 0.740. The molecular weight excluding hydrogens is 359 g/mol. The van der Waals surface area contributed by atoms with Gasteiger partial charge in [-0.1, -0.05) is 18.2 Å². The summed E-state index contributed by atoms with van der Waals surface area (Å²) in [5.41, 5.74) is 1.02. The second-order valence-corrected chi connectivity index (χ2v) is 7.95. The van der Waals surface area contributed by atoms with Crippen molar-refractivity contribution >= 4 is 21.4 Å². The van der Waals surface area contributed by atoms with Crippen molar-refractivity contribution < 1.29 is 12.8 Å². The summed E-state index contributed by atoms with van der Waals surface area (Å²) in [4.78, 5) is 0.860. The number of hydrogen-bond donors (Lipinski definition) is 1. The lowest BCUT2D eigenvalue weighted by molar-refractivity contribution is 0.573. The van der Waals surface area contributed by atoms with Crippen LogP contribution in [0.15, 0.2) is 70.9 Å². The lowest BCUT2D eigenvalue weighted by atomic mass is 10.1. The van der Waals surface area contributed by atoms with Crippen LogP contribution >= 0.6 is 11.3 Å². The first-order valence-corrected chi connectivity index (χ1v) is 9.67. The SMILES string of the molecule is N#Cc1ccc(S(=O)(=O)NC(c2ccc(F)cc2)c2cccs2)cc1. The minimum atomic E-state index is -3.82. The standard InChI is InChI=1S/C18H13FN2O2S2/c19-15-7-5-14(6-8-15)18(17-2-1-11-24-17)21-25(22,23)16-9-3-13(12-20)4-10-16/h1-11,18,21H. The molecule has 4 nitrogen and oxygen atoms in total. The third kappa shape index (κ3) is 3.94. The third-order valence-electron chi connectivity index (χ3n) is 3.60. The van der Waals surface area contributed by atoms with E-state index in [1.807, 2.05) is 23.6 Å². The summed E-state index contributed by atoms with van der Waals surface area (Å²) in [6.07, 6.45) is 0. The minimum Gasteiger partial charge on any atom is -0.207 e. The molecular formula is C18H13FN2O2S2. The largest absolute Gasteiger partial charge is 0.241 e. The van der Waals surface area contributed by atoms with Crippen molar-refractivity contribution in [2.45, 2.75) is 10.9 Å². The van der Waals surface area contributed by atoms with Crippen molar-refractivity contribution in [2.75, 3.05) is 0 Å². The van der Waals surface area contributed by atoms with Gasteiger partial charge in [0.1, 0.15) is 5.82 Å². The van der Waals surface area contributed by atoms with E-state index in [2.05, 4.69) is 4.72 Å². The van der Waals surface area contributed by atoms with Gasteiger partial charge in [0.05, 0.1) is 22.6 Å². The third-order valence-corrected chi connectivity index (χ3v) is 5.97. The highest BCUT2D eigenvalue weighted by Crippen LogP contribution is 2.28. The Morgan fingerprint density at radius 3 is 2.28 bits per heavy atom. The van der Waals surface area contributed by atoms with Gasteiger partial charge in [-0.05, 0) is 53.4 Å². The summed E-state index contributed by atoms with van der Waals surface area (Å²) in [6.45, 7) is 0. The van der Waals surface area contributed by atoms with E-state index in [0.29, 0.717) is 11.1 Å². The van der Waals surface area contributed by atoms with E-state index < -0.39 is 16.1 Å². The Balaban J connectivity index is 1.97. The molecule has 25 heavy (non-hydrogen) atoms. The van der Waals surface area contributed by atoms with Gasteiger partial charge in [-0.15, -0.1) is 11.3 Å². The summed E-state index contributed by atoms with van der Waals surface area (Å²) in [7, 11) is -3.82. The van der Waals surface area contributed by atoms with Gasteiger partial charge in [0, 0.05) is 4.88 Å². The molecule has 0 saturated heterocycles. The van der Waals surface area contributed by atoms with Crippen LogP contribution in [0.5, 0.6) is 0 Å². The van der Waals surface area contributed by atoms with Gasteiger partial charge in [-0.2, -0.15) is 9.98 Å². The molecule has 0 spiro atoms. The summed E-state index contributed by atoms with van der Waals surface area (Å²) < 4.78 is 41.3. The van der Waals surface area contributed by atoms with Crippen LogP contribution in [0, 0.1) is 17.1 Å². The van der Waals surface area contributed by atoms with Gasteiger partial charge in [-0.25, -0.2) is 12.8 Å². The number of sulfonamides is 1. The maximum absolute atomic E-state index is 13.2. The maximum atomic E-state index is 13.2. The Kier molecular flexibility index (Phi) is 4.95. The predicted molar refractivity (Wildman–Crippen MR) is 94.0 cm³/mol. The lowest BCUT2D eigenvalue weighted by Crippen LogP contribution is -2.29. The van der Waals surface area contributed by atoms with E-state index in [-0.39, 0.29) is 10.7 Å². The molecule has 0 aliphatic rings. The first kappa shape index (κ1) is 17.3. The van der Waals surface area contributed by atoms with Gasteiger partial charge in [-0.3, -0.25) is 0 Å². The van der Waals surface area contributed by atoms with E-state index in [1.165, 1.54) is 47.7 Å². The molecule has 7 heteroatoms. The van der Waals surface area contributed by atoms with Gasteiger partial charge in [0.15, 0.2) is 0 Å². The van der Waals surface area contributed by atoms with Crippen LogP contribution in [0.1, 0.15) is 22.0 Å². The fourth-order valence-electron chi connectivity index (χ4n) is 2.33. The molecule has 3 aromatic rings. The zero-order valence-corrected chi connectivity index (χ0v) is 14.5. The zero-order valence-electron chi connectivity index (χ0n) is 12.9. The number of nitrogens with one attached hydrogen (secondary N) is 1. The van der Waals surface area contributed by atoms with Crippen LogP contribution in [-0.4, -0.2) is 8.42 Å². The molecule has 0 fully saturated rings. The number of hydrogen-bond acceptors (Lipinski definition) is 4. The number of rotatable bonds is 5. The summed E-state index contributed by atoms with van der Waals surface area (Å²) >= 11 is 1.41. The van der Waals surface area contributed by atoms with Crippen LogP contribution in [0.2, 0.25) is 0 Å². The van der Waals surface area contributed by atoms with Crippen molar-refractivity contribution in [1.82, 2.24) is 4.72 Å². The molecule has 0 radical (unpaired) electrons. The fourth-order valence-corrected chi connectivity index (χ4v) is 4.41. The van der Waals surface area contributed by atoms with E-state index >= 15 is 0 Å². The first-order valence-electron chi connectivity index (χ1n) is 7.31. The van der Waals surface area contributed by atoms with Crippen molar-refractivity contribution in [3.05, 3.63) is 87.9 Å². The molecule has 0 aliphatic carbocycles. The minimum absolute atomic E-state index is 0.0650. The monoisotopic (exact) mass is 372 g/mol. The van der Waals surface area contributed by atoms with Gasteiger partial charge in [0.2, 0.25) is 10.0 Å². The smallest absolute Gasteiger partial charge is 0.207 e. The van der Waals surface area contributed by atoms with Crippen molar-refractivity contribution in [1.29, 1.82) is 5.26 Å². The highest BCUT2D eigenvalue weighted by Gasteiger charge is 2.23. The van der Waals surface area contributed by atoms with Crippen LogP contribution < -0.4 is 4.72 Å².